The van der Waals surface area contributed by atoms with Gasteiger partial charge in [0, 0.05) is 11.3 Å². The van der Waals surface area contributed by atoms with E-state index >= 15 is 0 Å². The molecule has 1 atom stereocenters. The highest BCUT2D eigenvalue weighted by Gasteiger charge is 2.43. The van der Waals surface area contributed by atoms with E-state index in [1.54, 1.807) is 0 Å². The van der Waals surface area contributed by atoms with Crippen molar-refractivity contribution in [3.63, 3.8) is 0 Å². The van der Waals surface area contributed by atoms with Gasteiger partial charge < -0.3 is 4.90 Å². The summed E-state index contributed by atoms with van der Waals surface area (Å²) in [4.78, 5) is 1.95. The van der Waals surface area contributed by atoms with Crippen LogP contribution in [0.25, 0.3) is 0 Å². The van der Waals surface area contributed by atoms with Crippen molar-refractivity contribution in [2.45, 2.75) is 44.0 Å². The summed E-state index contributed by atoms with van der Waals surface area (Å²) in [6, 6.07) is 0. The highest BCUT2D eigenvalue weighted by Crippen LogP contribution is 2.34. The Balaban J connectivity index is 2.23. The first-order chi connectivity index (χ1) is 7.74. The minimum Gasteiger partial charge on any atom is -0.303 e. The van der Waals surface area contributed by atoms with Gasteiger partial charge in [-0.05, 0) is 38.6 Å². The molecule has 0 aromatic rings. The van der Waals surface area contributed by atoms with E-state index in [0.29, 0.717) is 6.54 Å². The molecule has 0 aromatic carbocycles. The number of nitrogens with zero attached hydrogens (tertiary/aromatic N) is 1. The van der Waals surface area contributed by atoms with Crippen molar-refractivity contribution in [1.29, 1.82) is 0 Å². The van der Waals surface area contributed by atoms with E-state index in [2.05, 4.69) is 20.1 Å². The number of rotatable bonds is 5. The Kier molecular flexibility index (Phi) is 5.20. The quantitative estimate of drug-likeness (QED) is 0.747. The maximum absolute atomic E-state index is 12.5. The van der Waals surface area contributed by atoms with Crippen LogP contribution >= 0.6 is 11.8 Å². The van der Waals surface area contributed by atoms with Crippen LogP contribution in [-0.4, -0.2) is 41.7 Å². The summed E-state index contributed by atoms with van der Waals surface area (Å²) < 4.78 is 37.6. The Labute approximate surface area is 106 Å². The van der Waals surface area contributed by atoms with Crippen LogP contribution in [0.1, 0.15) is 33.1 Å². The van der Waals surface area contributed by atoms with Gasteiger partial charge in [0.2, 0.25) is 0 Å². The summed E-state index contributed by atoms with van der Waals surface area (Å²) in [7, 11) is 0. The molecule has 0 aromatic heterocycles. The molecule has 0 radical (unpaired) electrons. The van der Waals surface area contributed by atoms with E-state index in [1.165, 1.54) is 0 Å². The molecule has 1 heterocycles. The molecular formula is C12H22F3NS. The average molecular weight is 269 g/mol. The average Bonchev–Trinajstić information content (AvgIpc) is 2.66. The smallest absolute Gasteiger partial charge is 0.303 e. The predicted molar refractivity (Wildman–Crippen MR) is 67.4 cm³/mol. The van der Waals surface area contributed by atoms with Crippen molar-refractivity contribution in [2.75, 3.05) is 25.9 Å². The normalized spacial score (nSPS) is 23.3. The van der Waals surface area contributed by atoms with Crippen LogP contribution in [0.3, 0.4) is 0 Å². The molecular weight excluding hydrogens is 247 g/mol. The molecule has 1 saturated heterocycles. The third kappa shape index (κ3) is 5.08. The highest BCUT2D eigenvalue weighted by molar-refractivity contribution is 7.99. The summed E-state index contributed by atoms with van der Waals surface area (Å²) in [5.74, 6) is -1.10. The Morgan fingerprint density at radius 2 is 1.94 bits per heavy atom. The van der Waals surface area contributed by atoms with Gasteiger partial charge in [-0.25, -0.2) is 0 Å². The molecule has 0 N–H and O–H groups in total. The van der Waals surface area contributed by atoms with Crippen LogP contribution < -0.4 is 0 Å². The van der Waals surface area contributed by atoms with Crippen molar-refractivity contribution >= 4 is 11.8 Å². The van der Waals surface area contributed by atoms with Crippen molar-refractivity contribution in [3.05, 3.63) is 0 Å². The number of alkyl halides is 3. The van der Waals surface area contributed by atoms with Gasteiger partial charge in [-0.15, -0.1) is 0 Å². The molecule has 5 heteroatoms. The van der Waals surface area contributed by atoms with E-state index in [4.69, 9.17) is 0 Å². The van der Waals surface area contributed by atoms with Gasteiger partial charge >= 0.3 is 6.18 Å². The molecule has 0 saturated carbocycles. The predicted octanol–water partition coefficient (Wildman–Crippen LogP) is 3.79. The zero-order valence-electron chi connectivity index (χ0n) is 10.8. The lowest BCUT2D eigenvalue weighted by Gasteiger charge is -2.24. The zero-order valence-corrected chi connectivity index (χ0v) is 11.6. The molecule has 1 aliphatic heterocycles. The topological polar surface area (TPSA) is 3.24 Å². The molecule has 0 aliphatic carbocycles. The molecule has 17 heavy (non-hydrogen) atoms. The van der Waals surface area contributed by atoms with Crippen molar-refractivity contribution in [1.82, 2.24) is 4.90 Å². The Bertz CT molecular complexity index is 240. The second kappa shape index (κ2) is 5.83. The Morgan fingerprint density at radius 1 is 1.29 bits per heavy atom. The van der Waals surface area contributed by atoms with Gasteiger partial charge in [0.05, 0.1) is 5.92 Å². The molecule has 0 amide bonds. The largest absolute Gasteiger partial charge is 0.393 e. The summed E-state index contributed by atoms with van der Waals surface area (Å²) >= 11 is 1.82. The van der Waals surface area contributed by atoms with Crippen LogP contribution in [0.2, 0.25) is 0 Å². The van der Waals surface area contributed by atoms with Crippen LogP contribution in [0.4, 0.5) is 13.2 Å². The standard InChI is InChI=1S/C12H22F3NS/c1-11(2,17-3)6-4-7-16-8-5-10(9-16)12(13,14)15/h10H,4-9H2,1-3H3. The molecule has 1 unspecified atom stereocenters. The monoisotopic (exact) mass is 269 g/mol. The van der Waals surface area contributed by atoms with Crippen molar-refractivity contribution < 1.29 is 13.2 Å². The maximum atomic E-state index is 12.5. The molecule has 1 nitrogen and oxygen atoms in total. The van der Waals surface area contributed by atoms with Crippen LogP contribution in [-0.2, 0) is 0 Å². The third-order valence-electron chi connectivity index (χ3n) is 3.54. The lowest BCUT2D eigenvalue weighted by atomic mass is 10.1. The second-order valence-corrected chi connectivity index (χ2v) is 6.91. The fourth-order valence-electron chi connectivity index (χ4n) is 2.13. The minimum atomic E-state index is -4.01. The van der Waals surface area contributed by atoms with Gasteiger partial charge in [-0.1, -0.05) is 13.8 Å². The van der Waals surface area contributed by atoms with Crippen molar-refractivity contribution in [2.24, 2.45) is 5.92 Å². The minimum absolute atomic E-state index is 0.198. The van der Waals surface area contributed by atoms with Gasteiger partial charge in [0.25, 0.3) is 0 Å². The first-order valence-corrected chi connectivity index (χ1v) is 7.31. The first kappa shape index (κ1) is 15.2. The Hall–Kier alpha value is 0.100. The summed E-state index contributed by atoms with van der Waals surface area (Å²) in [5, 5.41) is 0. The maximum Gasteiger partial charge on any atom is 0.393 e. The Morgan fingerprint density at radius 3 is 2.41 bits per heavy atom. The molecule has 1 fully saturated rings. The van der Waals surface area contributed by atoms with Gasteiger partial charge in [-0.2, -0.15) is 24.9 Å². The van der Waals surface area contributed by atoms with Crippen LogP contribution in [0.5, 0.6) is 0 Å². The van der Waals surface area contributed by atoms with E-state index in [9.17, 15) is 13.2 Å². The summed E-state index contributed by atoms with van der Waals surface area (Å²) in [6.45, 7) is 5.96. The zero-order chi connectivity index (χ0) is 13.1. The van der Waals surface area contributed by atoms with Gasteiger partial charge in [0.1, 0.15) is 0 Å². The van der Waals surface area contributed by atoms with E-state index < -0.39 is 12.1 Å². The first-order valence-electron chi connectivity index (χ1n) is 6.09. The number of hydrogen-bond acceptors (Lipinski definition) is 2. The van der Waals surface area contributed by atoms with Gasteiger partial charge in [0.15, 0.2) is 0 Å². The summed E-state index contributed by atoms with van der Waals surface area (Å²) in [5.41, 5.74) is 0. The second-order valence-electron chi connectivity index (χ2n) is 5.40. The summed E-state index contributed by atoms with van der Waals surface area (Å²) in [6.07, 6.45) is 0.387. The number of halogens is 3. The van der Waals surface area contributed by atoms with Crippen molar-refractivity contribution in [3.8, 4) is 0 Å². The number of thioether (sulfide) groups is 1. The molecule has 0 bridgehead atoms. The lowest BCUT2D eigenvalue weighted by molar-refractivity contribution is -0.170. The van der Waals surface area contributed by atoms with E-state index in [0.717, 1.165) is 19.4 Å². The molecule has 1 rings (SSSR count). The fraction of sp³-hybridized carbons (Fsp3) is 1.00. The fourth-order valence-corrected chi connectivity index (χ4v) is 2.48. The SMILES string of the molecule is CSC(C)(C)CCCN1CCC(C(F)(F)F)C1. The third-order valence-corrected chi connectivity index (χ3v) is 4.85. The van der Waals surface area contributed by atoms with E-state index in [1.807, 2.05) is 16.7 Å². The highest BCUT2D eigenvalue weighted by atomic mass is 32.2. The van der Waals surface area contributed by atoms with Gasteiger partial charge in [-0.3, -0.25) is 0 Å². The number of hydrogen-bond donors (Lipinski definition) is 0. The molecule has 0 spiro atoms. The number of likely N-dealkylation sites (tertiary alicyclic amines) is 1. The van der Waals surface area contributed by atoms with Crippen LogP contribution in [0, 0.1) is 5.92 Å². The molecule has 1 aliphatic rings. The molecule has 102 valence electrons. The van der Waals surface area contributed by atoms with Crippen LogP contribution in [0.15, 0.2) is 0 Å². The van der Waals surface area contributed by atoms with E-state index in [-0.39, 0.29) is 17.7 Å². The lowest BCUT2D eigenvalue weighted by Crippen LogP contribution is -2.28.